The Hall–Kier alpha value is -2.99. The smallest absolute Gasteiger partial charge is 0.269 e. The molecule has 0 amide bonds. The van der Waals surface area contributed by atoms with Crippen LogP contribution in [0.25, 0.3) is 0 Å². The second-order valence-electron chi connectivity index (χ2n) is 3.90. The van der Waals surface area contributed by atoms with E-state index in [2.05, 4.69) is 9.71 Å². The third-order valence-corrected chi connectivity index (χ3v) is 3.86. The quantitative estimate of drug-likeness (QED) is 0.676. The molecule has 0 aliphatic carbocycles. The molecule has 0 aliphatic rings. The van der Waals surface area contributed by atoms with Crippen molar-refractivity contribution in [2.75, 3.05) is 4.72 Å². The summed E-state index contributed by atoms with van der Waals surface area (Å²) in [6.45, 7) is 0. The number of benzene rings is 1. The molecule has 2 aromatic rings. The number of rotatable bonds is 4. The number of nitro benzene ring substituents is 1. The molecular weight excluding hydrogens is 296 g/mol. The molecule has 0 saturated heterocycles. The summed E-state index contributed by atoms with van der Waals surface area (Å²) in [7, 11) is -3.86. The van der Waals surface area contributed by atoms with Gasteiger partial charge in [0.15, 0.2) is 0 Å². The minimum absolute atomic E-state index is 0.101. The van der Waals surface area contributed by atoms with Crippen molar-refractivity contribution in [3.05, 3.63) is 58.4 Å². The maximum Gasteiger partial charge on any atom is 0.269 e. The van der Waals surface area contributed by atoms with Crippen molar-refractivity contribution in [1.82, 2.24) is 4.98 Å². The average Bonchev–Trinajstić information content (AvgIpc) is 2.47. The van der Waals surface area contributed by atoms with E-state index in [1.165, 1.54) is 36.4 Å². The number of nitrogens with one attached hydrogen (secondary N) is 1. The van der Waals surface area contributed by atoms with Crippen LogP contribution in [0.4, 0.5) is 11.4 Å². The number of anilines is 1. The predicted molar refractivity (Wildman–Crippen MR) is 72.9 cm³/mol. The maximum atomic E-state index is 12.1. The largest absolute Gasteiger partial charge is 0.280 e. The molecule has 1 aromatic carbocycles. The van der Waals surface area contributed by atoms with Gasteiger partial charge in [0.05, 0.1) is 4.92 Å². The van der Waals surface area contributed by atoms with Crippen LogP contribution in [-0.2, 0) is 10.0 Å². The normalized spacial score (nSPS) is 10.6. The highest BCUT2D eigenvalue weighted by molar-refractivity contribution is 7.92. The van der Waals surface area contributed by atoms with Gasteiger partial charge in [-0.05, 0) is 24.3 Å². The lowest BCUT2D eigenvalue weighted by molar-refractivity contribution is -0.384. The van der Waals surface area contributed by atoms with Gasteiger partial charge in [0.2, 0.25) is 0 Å². The monoisotopic (exact) mass is 304 g/mol. The van der Waals surface area contributed by atoms with Crippen molar-refractivity contribution in [2.45, 2.75) is 4.90 Å². The Labute approximate surface area is 119 Å². The molecule has 0 fully saturated rings. The van der Waals surface area contributed by atoms with E-state index >= 15 is 0 Å². The van der Waals surface area contributed by atoms with Crippen LogP contribution in [0.1, 0.15) is 5.69 Å². The zero-order valence-electron chi connectivity index (χ0n) is 10.4. The van der Waals surface area contributed by atoms with E-state index in [1.807, 2.05) is 0 Å². The van der Waals surface area contributed by atoms with Gasteiger partial charge in [0, 0.05) is 24.0 Å². The van der Waals surface area contributed by atoms with E-state index in [0.29, 0.717) is 0 Å². The Morgan fingerprint density at radius 1 is 1.19 bits per heavy atom. The standard InChI is InChI=1S/C12H8N4O4S/c13-7-10-3-6-12(8-14-10)21(19,20)15-9-1-4-11(5-2-9)16(17)18/h1-6,8,15H. The second-order valence-corrected chi connectivity index (χ2v) is 5.58. The van der Waals surface area contributed by atoms with Gasteiger partial charge in [-0.15, -0.1) is 0 Å². The first kappa shape index (κ1) is 14.4. The Kier molecular flexibility index (Phi) is 3.82. The van der Waals surface area contributed by atoms with Crippen molar-refractivity contribution in [1.29, 1.82) is 5.26 Å². The third-order valence-electron chi connectivity index (χ3n) is 2.49. The molecule has 0 saturated carbocycles. The van der Waals surface area contributed by atoms with Crippen molar-refractivity contribution in [3.8, 4) is 6.07 Å². The molecule has 0 spiro atoms. The molecule has 1 aromatic heterocycles. The zero-order valence-corrected chi connectivity index (χ0v) is 11.2. The van der Waals surface area contributed by atoms with E-state index in [1.54, 1.807) is 6.07 Å². The number of hydrogen-bond acceptors (Lipinski definition) is 6. The first-order chi connectivity index (χ1) is 9.92. The van der Waals surface area contributed by atoms with E-state index in [4.69, 9.17) is 5.26 Å². The van der Waals surface area contributed by atoms with E-state index in [0.717, 1.165) is 6.20 Å². The molecule has 0 atom stereocenters. The van der Waals surface area contributed by atoms with Gasteiger partial charge in [-0.2, -0.15) is 5.26 Å². The Balaban J connectivity index is 2.24. The Morgan fingerprint density at radius 3 is 2.33 bits per heavy atom. The fourth-order valence-corrected chi connectivity index (χ4v) is 2.47. The van der Waals surface area contributed by atoms with E-state index in [9.17, 15) is 18.5 Å². The number of sulfonamides is 1. The minimum Gasteiger partial charge on any atom is -0.280 e. The lowest BCUT2D eigenvalue weighted by Gasteiger charge is -2.07. The van der Waals surface area contributed by atoms with Crippen LogP contribution >= 0.6 is 0 Å². The highest BCUT2D eigenvalue weighted by Gasteiger charge is 2.15. The summed E-state index contributed by atoms with van der Waals surface area (Å²) >= 11 is 0. The summed E-state index contributed by atoms with van der Waals surface area (Å²) in [6.07, 6.45) is 1.06. The lowest BCUT2D eigenvalue weighted by Crippen LogP contribution is -2.13. The summed E-state index contributed by atoms with van der Waals surface area (Å²) in [5.74, 6) is 0. The summed E-state index contributed by atoms with van der Waals surface area (Å²) < 4.78 is 26.4. The number of nitro groups is 1. The molecule has 21 heavy (non-hydrogen) atoms. The zero-order chi connectivity index (χ0) is 15.5. The summed E-state index contributed by atoms with van der Waals surface area (Å²) in [5.41, 5.74) is 0.146. The molecule has 8 nitrogen and oxygen atoms in total. The van der Waals surface area contributed by atoms with Crippen molar-refractivity contribution < 1.29 is 13.3 Å². The van der Waals surface area contributed by atoms with Crippen LogP contribution in [0.5, 0.6) is 0 Å². The number of aromatic nitrogens is 1. The predicted octanol–water partition coefficient (Wildman–Crippen LogP) is 1.66. The van der Waals surface area contributed by atoms with Crippen molar-refractivity contribution >= 4 is 21.4 Å². The van der Waals surface area contributed by atoms with E-state index < -0.39 is 14.9 Å². The highest BCUT2D eigenvalue weighted by Crippen LogP contribution is 2.19. The van der Waals surface area contributed by atoms with Crippen LogP contribution in [-0.4, -0.2) is 18.3 Å². The third kappa shape index (κ3) is 3.31. The first-order valence-corrected chi connectivity index (χ1v) is 7.04. The molecule has 0 aliphatic heterocycles. The van der Waals surface area contributed by atoms with Crippen LogP contribution in [0.15, 0.2) is 47.5 Å². The lowest BCUT2D eigenvalue weighted by atomic mass is 10.3. The minimum atomic E-state index is -3.86. The molecule has 0 bridgehead atoms. The molecule has 9 heteroatoms. The Bertz CT molecular complexity index is 808. The van der Waals surface area contributed by atoms with Gasteiger partial charge >= 0.3 is 0 Å². The van der Waals surface area contributed by atoms with Crippen molar-refractivity contribution in [2.24, 2.45) is 0 Å². The van der Waals surface area contributed by atoms with Gasteiger partial charge in [-0.3, -0.25) is 14.8 Å². The SMILES string of the molecule is N#Cc1ccc(S(=O)(=O)Nc2ccc([N+](=O)[O-])cc2)cn1. The van der Waals surface area contributed by atoms with E-state index in [-0.39, 0.29) is 22.0 Å². The first-order valence-electron chi connectivity index (χ1n) is 5.56. The van der Waals surface area contributed by atoms with Crippen LogP contribution in [0.2, 0.25) is 0 Å². The fourth-order valence-electron chi connectivity index (χ4n) is 1.47. The number of nitrogens with zero attached hydrogens (tertiary/aromatic N) is 3. The van der Waals surface area contributed by atoms with Crippen LogP contribution < -0.4 is 4.72 Å². The van der Waals surface area contributed by atoms with Gasteiger partial charge in [-0.1, -0.05) is 0 Å². The Morgan fingerprint density at radius 2 is 1.86 bits per heavy atom. The number of non-ortho nitro benzene ring substituents is 1. The molecule has 2 rings (SSSR count). The maximum absolute atomic E-state index is 12.1. The average molecular weight is 304 g/mol. The number of nitriles is 1. The fraction of sp³-hybridized carbons (Fsp3) is 0. The highest BCUT2D eigenvalue weighted by atomic mass is 32.2. The molecule has 0 radical (unpaired) electrons. The summed E-state index contributed by atoms with van der Waals surface area (Å²) in [6, 6.07) is 9.26. The van der Waals surface area contributed by atoms with Gasteiger partial charge in [0.1, 0.15) is 16.7 Å². The molecular formula is C12H8N4O4S. The van der Waals surface area contributed by atoms with Crippen LogP contribution in [0.3, 0.4) is 0 Å². The van der Waals surface area contributed by atoms with Crippen LogP contribution in [0, 0.1) is 21.4 Å². The summed E-state index contributed by atoms with van der Waals surface area (Å²) in [5, 5.41) is 19.1. The molecule has 106 valence electrons. The van der Waals surface area contributed by atoms with Gasteiger partial charge < -0.3 is 0 Å². The van der Waals surface area contributed by atoms with Gasteiger partial charge in [0.25, 0.3) is 15.7 Å². The van der Waals surface area contributed by atoms with Crippen molar-refractivity contribution in [3.63, 3.8) is 0 Å². The molecule has 1 heterocycles. The summed E-state index contributed by atoms with van der Waals surface area (Å²) in [4.78, 5) is 13.5. The second kappa shape index (κ2) is 5.56. The topological polar surface area (TPSA) is 126 Å². The molecule has 0 unspecified atom stereocenters. The number of hydrogen-bond donors (Lipinski definition) is 1. The number of pyridine rings is 1. The molecule has 1 N–H and O–H groups in total. The van der Waals surface area contributed by atoms with Gasteiger partial charge in [-0.25, -0.2) is 13.4 Å².